The van der Waals surface area contributed by atoms with E-state index in [1.807, 2.05) is 6.92 Å². The smallest absolute Gasteiger partial charge is 0.406 e. The predicted molar refractivity (Wildman–Crippen MR) is 96.5 cm³/mol. The summed E-state index contributed by atoms with van der Waals surface area (Å²) in [4.78, 5) is 28.1. The van der Waals surface area contributed by atoms with E-state index in [0.717, 1.165) is 12.0 Å². The van der Waals surface area contributed by atoms with Gasteiger partial charge in [-0.25, -0.2) is 4.79 Å². The highest BCUT2D eigenvalue weighted by molar-refractivity contribution is 5.81. The van der Waals surface area contributed by atoms with Crippen LogP contribution in [0.25, 0.3) is 0 Å². The molecule has 1 aromatic carbocycles. The number of ether oxygens (including phenoxy) is 2. The van der Waals surface area contributed by atoms with E-state index < -0.39 is 6.36 Å². The summed E-state index contributed by atoms with van der Waals surface area (Å²) in [5, 5.41) is 0. The van der Waals surface area contributed by atoms with Gasteiger partial charge in [0.15, 0.2) is 5.78 Å². The van der Waals surface area contributed by atoms with Crippen molar-refractivity contribution in [2.75, 3.05) is 26.2 Å². The van der Waals surface area contributed by atoms with Crippen LogP contribution in [0.2, 0.25) is 0 Å². The molecule has 1 aromatic rings. The molecule has 4 atom stereocenters. The number of hydrogen-bond acceptors (Lipinski definition) is 4. The molecule has 3 aliphatic heterocycles. The van der Waals surface area contributed by atoms with Gasteiger partial charge >= 0.3 is 12.4 Å². The number of ketones is 1. The van der Waals surface area contributed by atoms with Crippen LogP contribution in [-0.2, 0) is 9.53 Å². The highest BCUT2D eigenvalue weighted by atomic mass is 19.4. The largest absolute Gasteiger partial charge is 0.573 e. The highest BCUT2D eigenvalue weighted by Gasteiger charge is 2.44. The van der Waals surface area contributed by atoms with Crippen LogP contribution in [0.5, 0.6) is 5.75 Å². The first-order chi connectivity index (χ1) is 13.7. The number of benzene rings is 1. The van der Waals surface area contributed by atoms with Gasteiger partial charge in [0, 0.05) is 43.9 Å². The maximum Gasteiger partial charge on any atom is 0.573 e. The van der Waals surface area contributed by atoms with Crippen molar-refractivity contribution in [2.45, 2.75) is 44.2 Å². The fraction of sp³-hybridized carbons (Fsp3) is 0.600. The fourth-order valence-electron chi connectivity index (χ4n) is 4.50. The number of likely N-dealkylation sites (tertiary alicyclic amines) is 2. The summed E-state index contributed by atoms with van der Waals surface area (Å²) in [7, 11) is 0. The van der Waals surface area contributed by atoms with Gasteiger partial charge in [0.2, 0.25) is 0 Å². The van der Waals surface area contributed by atoms with Crippen molar-refractivity contribution in [2.24, 2.45) is 5.92 Å². The van der Waals surface area contributed by atoms with Crippen LogP contribution in [-0.4, -0.2) is 66.4 Å². The van der Waals surface area contributed by atoms with Crippen LogP contribution >= 0.6 is 0 Å². The SMILES string of the molecule is CC1C(c2ccc(OC(F)(F)F)cc2)CN1C(=O)N1CC[C@@H]2OCC(=O)C[C@@H]2C1. The summed E-state index contributed by atoms with van der Waals surface area (Å²) in [6.07, 6.45) is -3.47. The van der Waals surface area contributed by atoms with Gasteiger partial charge in [-0.1, -0.05) is 12.1 Å². The Kier molecular flexibility index (Phi) is 5.18. The first-order valence-electron chi connectivity index (χ1n) is 9.76. The number of rotatable bonds is 2. The molecule has 0 saturated carbocycles. The van der Waals surface area contributed by atoms with Crippen LogP contribution in [0.1, 0.15) is 31.2 Å². The lowest BCUT2D eigenvalue weighted by atomic mass is 9.83. The number of halogens is 3. The van der Waals surface area contributed by atoms with E-state index in [2.05, 4.69) is 4.74 Å². The van der Waals surface area contributed by atoms with Gasteiger partial charge in [-0.05, 0) is 31.0 Å². The molecule has 3 fully saturated rings. The number of carbonyl (C=O) groups is 2. The van der Waals surface area contributed by atoms with E-state index >= 15 is 0 Å². The van der Waals surface area contributed by atoms with Crippen molar-refractivity contribution >= 4 is 11.8 Å². The minimum Gasteiger partial charge on any atom is -0.406 e. The van der Waals surface area contributed by atoms with Crippen molar-refractivity contribution in [3.8, 4) is 5.75 Å². The van der Waals surface area contributed by atoms with Crippen molar-refractivity contribution < 1.29 is 32.2 Å². The van der Waals surface area contributed by atoms with Crippen LogP contribution in [0.3, 0.4) is 0 Å². The molecule has 2 amide bonds. The molecule has 9 heteroatoms. The highest BCUT2D eigenvalue weighted by Crippen LogP contribution is 2.37. The number of alkyl halides is 3. The van der Waals surface area contributed by atoms with Crippen molar-refractivity contribution in [1.82, 2.24) is 9.80 Å². The average molecular weight is 412 g/mol. The van der Waals surface area contributed by atoms with Gasteiger partial charge in [-0.3, -0.25) is 4.79 Å². The van der Waals surface area contributed by atoms with Crippen LogP contribution in [0.15, 0.2) is 24.3 Å². The normalized spacial score (nSPS) is 29.9. The van der Waals surface area contributed by atoms with Gasteiger partial charge < -0.3 is 19.3 Å². The molecule has 158 valence electrons. The third kappa shape index (κ3) is 4.19. The lowest BCUT2D eigenvalue weighted by Gasteiger charge is -2.50. The van der Waals surface area contributed by atoms with E-state index in [1.165, 1.54) is 12.1 Å². The maximum atomic E-state index is 12.9. The molecule has 0 aromatic heterocycles. The summed E-state index contributed by atoms with van der Waals surface area (Å²) in [5.74, 6) is -0.0531. The maximum absolute atomic E-state index is 12.9. The molecule has 3 heterocycles. The van der Waals surface area contributed by atoms with Crippen LogP contribution in [0, 0.1) is 5.92 Å². The van der Waals surface area contributed by atoms with Gasteiger partial charge in [0.05, 0.1) is 6.10 Å². The number of carbonyl (C=O) groups excluding carboxylic acids is 2. The number of nitrogens with zero attached hydrogens (tertiary/aromatic N) is 2. The Morgan fingerprint density at radius 1 is 1.21 bits per heavy atom. The monoisotopic (exact) mass is 412 g/mol. The summed E-state index contributed by atoms with van der Waals surface area (Å²) >= 11 is 0. The molecule has 4 rings (SSSR count). The van der Waals surface area contributed by atoms with Crippen molar-refractivity contribution in [1.29, 1.82) is 0 Å². The number of piperidine rings is 1. The molecular weight excluding hydrogens is 389 g/mol. The minimum atomic E-state index is -4.71. The molecular formula is C20H23F3N2O4. The molecule has 0 aliphatic carbocycles. The van der Waals surface area contributed by atoms with Gasteiger partial charge in [0.1, 0.15) is 12.4 Å². The third-order valence-electron chi connectivity index (χ3n) is 6.14. The number of fused-ring (bicyclic) bond motifs is 1. The lowest BCUT2D eigenvalue weighted by Crippen LogP contribution is -2.61. The van der Waals surface area contributed by atoms with Crippen molar-refractivity contribution in [3.05, 3.63) is 29.8 Å². The van der Waals surface area contributed by atoms with Gasteiger partial charge in [-0.2, -0.15) is 0 Å². The van der Waals surface area contributed by atoms with E-state index in [0.29, 0.717) is 26.1 Å². The Balaban J connectivity index is 1.34. The van der Waals surface area contributed by atoms with E-state index in [-0.39, 0.29) is 48.2 Å². The Morgan fingerprint density at radius 3 is 2.59 bits per heavy atom. The molecule has 3 saturated heterocycles. The summed E-state index contributed by atoms with van der Waals surface area (Å²) in [6, 6.07) is 5.71. The quantitative estimate of drug-likeness (QED) is 0.749. The Bertz CT molecular complexity index is 783. The van der Waals surface area contributed by atoms with E-state index in [9.17, 15) is 22.8 Å². The predicted octanol–water partition coefficient (Wildman–Crippen LogP) is 3.17. The molecule has 3 aliphatic rings. The summed E-state index contributed by atoms with van der Waals surface area (Å²) < 4.78 is 46.3. The van der Waals surface area contributed by atoms with Crippen molar-refractivity contribution in [3.63, 3.8) is 0 Å². The van der Waals surface area contributed by atoms with E-state index in [4.69, 9.17) is 4.74 Å². The second-order valence-electron chi connectivity index (χ2n) is 7.99. The van der Waals surface area contributed by atoms with Gasteiger partial charge in [0.25, 0.3) is 0 Å². The second-order valence-corrected chi connectivity index (χ2v) is 7.99. The molecule has 2 unspecified atom stereocenters. The third-order valence-corrected chi connectivity index (χ3v) is 6.14. The minimum absolute atomic E-state index is 0.0516. The zero-order valence-corrected chi connectivity index (χ0v) is 16.0. The average Bonchev–Trinajstić information content (AvgIpc) is 2.66. The molecule has 29 heavy (non-hydrogen) atoms. The molecule has 0 radical (unpaired) electrons. The number of hydrogen-bond donors (Lipinski definition) is 0. The zero-order chi connectivity index (χ0) is 20.8. The topological polar surface area (TPSA) is 59.1 Å². The molecule has 0 bridgehead atoms. The zero-order valence-electron chi connectivity index (χ0n) is 16.0. The Labute approximate surface area is 166 Å². The number of urea groups is 1. The first kappa shape index (κ1) is 20.0. The van der Waals surface area contributed by atoms with Gasteiger partial charge in [-0.15, -0.1) is 13.2 Å². The summed E-state index contributed by atoms with van der Waals surface area (Å²) in [5.41, 5.74) is 0.876. The van der Waals surface area contributed by atoms with Crippen LogP contribution in [0.4, 0.5) is 18.0 Å². The van der Waals surface area contributed by atoms with E-state index in [1.54, 1.807) is 21.9 Å². The fourth-order valence-corrected chi connectivity index (χ4v) is 4.50. The standard InChI is InChI=1S/C20H23F3N2O4/c1-12-17(13-2-4-16(5-3-13)29-20(21,22)23)10-25(12)19(27)24-7-6-18-14(9-24)8-15(26)11-28-18/h2-5,12,14,17-18H,6-11H2,1H3/t12?,14-,17?,18+/m1/s1. The second kappa shape index (κ2) is 7.51. The molecule has 0 N–H and O–H groups in total. The van der Waals surface area contributed by atoms with Crippen LogP contribution < -0.4 is 4.74 Å². The Hall–Kier alpha value is -2.29. The number of amides is 2. The summed E-state index contributed by atoms with van der Waals surface area (Å²) in [6.45, 7) is 3.75. The first-order valence-corrected chi connectivity index (χ1v) is 9.76. The lowest BCUT2D eigenvalue weighted by molar-refractivity contribution is -0.274. The molecule has 0 spiro atoms. The Morgan fingerprint density at radius 2 is 1.93 bits per heavy atom. The molecule has 6 nitrogen and oxygen atoms in total. The number of Topliss-reactive ketones (excluding diaryl/α,β-unsaturated/α-hetero) is 1.